The van der Waals surface area contributed by atoms with Crippen molar-refractivity contribution in [1.29, 1.82) is 0 Å². The molecule has 7 nitrogen and oxygen atoms in total. The number of piperidine rings is 1. The maximum absolute atomic E-state index is 11.7. The highest BCUT2D eigenvalue weighted by molar-refractivity contribution is 5.80. The molecule has 0 spiro atoms. The Morgan fingerprint density at radius 3 is 2.74 bits per heavy atom. The lowest BCUT2D eigenvalue weighted by molar-refractivity contribution is -0.146. The molecule has 0 atom stereocenters. The molecule has 1 aromatic heterocycles. The molecule has 144 valence electrons. The normalized spacial score (nSPS) is 15.6. The van der Waals surface area contributed by atoms with Crippen LogP contribution in [0, 0.1) is 5.92 Å². The lowest BCUT2D eigenvalue weighted by Crippen LogP contribution is -2.46. The molecule has 0 aliphatic carbocycles. The van der Waals surface area contributed by atoms with Gasteiger partial charge in [0.05, 0.1) is 19.6 Å². The van der Waals surface area contributed by atoms with E-state index in [9.17, 15) is 4.79 Å². The number of aliphatic imine (C=N–C) groups is 1. The first-order valence-electron chi connectivity index (χ1n) is 9.28. The zero-order valence-electron chi connectivity index (χ0n) is 16.0. The summed E-state index contributed by atoms with van der Waals surface area (Å²) in [5, 5.41) is 7.69. The van der Waals surface area contributed by atoms with Crippen molar-refractivity contribution in [2.75, 3.05) is 27.2 Å². The third-order valence-corrected chi connectivity index (χ3v) is 4.89. The average Bonchev–Trinajstić information content (AvgIpc) is 3.21. The summed E-state index contributed by atoms with van der Waals surface area (Å²) >= 11 is 0. The molecule has 2 aromatic rings. The zero-order chi connectivity index (χ0) is 19.1. The molecule has 1 aliphatic heterocycles. The van der Waals surface area contributed by atoms with Crippen molar-refractivity contribution < 1.29 is 9.53 Å². The third kappa shape index (κ3) is 5.09. The Bertz CT molecular complexity index is 764. The highest BCUT2D eigenvalue weighted by Crippen LogP contribution is 2.18. The number of rotatable bonds is 5. The van der Waals surface area contributed by atoms with Gasteiger partial charge >= 0.3 is 5.97 Å². The van der Waals surface area contributed by atoms with Gasteiger partial charge in [-0.05, 0) is 30.0 Å². The second-order valence-electron chi connectivity index (χ2n) is 6.71. The van der Waals surface area contributed by atoms with Crippen LogP contribution in [0.25, 0.3) is 0 Å². The maximum Gasteiger partial charge on any atom is 0.308 e. The number of nitrogens with one attached hydrogen (secondary N) is 1. The van der Waals surface area contributed by atoms with Crippen LogP contribution in [0.5, 0.6) is 0 Å². The summed E-state index contributed by atoms with van der Waals surface area (Å²) in [5.41, 5.74) is 2.41. The van der Waals surface area contributed by atoms with Crippen LogP contribution in [0.3, 0.4) is 0 Å². The molecule has 1 aliphatic rings. The first-order valence-corrected chi connectivity index (χ1v) is 9.28. The quantitative estimate of drug-likeness (QED) is 0.495. The first-order chi connectivity index (χ1) is 13.2. The van der Waals surface area contributed by atoms with Crippen molar-refractivity contribution in [3.8, 4) is 0 Å². The molecule has 2 heterocycles. The van der Waals surface area contributed by atoms with Gasteiger partial charge in [-0.3, -0.25) is 14.5 Å². The van der Waals surface area contributed by atoms with Crippen molar-refractivity contribution in [3.63, 3.8) is 0 Å². The van der Waals surface area contributed by atoms with Gasteiger partial charge in [0.15, 0.2) is 5.96 Å². The zero-order valence-corrected chi connectivity index (χ0v) is 16.0. The van der Waals surface area contributed by atoms with E-state index in [4.69, 9.17) is 4.74 Å². The number of benzene rings is 1. The number of esters is 1. The van der Waals surface area contributed by atoms with Gasteiger partial charge < -0.3 is 15.0 Å². The van der Waals surface area contributed by atoms with E-state index >= 15 is 0 Å². The summed E-state index contributed by atoms with van der Waals surface area (Å²) in [5.74, 6) is 0.769. The summed E-state index contributed by atoms with van der Waals surface area (Å²) in [6.45, 7) is 3.07. The summed E-state index contributed by atoms with van der Waals surface area (Å²) in [6, 6.07) is 10.4. The Kier molecular flexibility index (Phi) is 6.46. The molecule has 3 rings (SSSR count). The standard InChI is InChI=1S/C20H27N5O2/c1-21-20(24-11-7-18(8-12-24)19(26)27-2)22-14-16-5-3-6-17(13-16)15-25-10-4-9-23-25/h3-6,9-10,13,18H,7-8,11-12,14-15H2,1-2H3,(H,21,22). The minimum Gasteiger partial charge on any atom is -0.469 e. The van der Waals surface area contributed by atoms with Crippen molar-refractivity contribution >= 4 is 11.9 Å². The number of likely N-dealkylation sites (tertiary alicyclic amines) is 1. The fraction of sp³-hybridized carbons (Fsp3) is 0.450. The van der Waals surface area contributed by atoms with Gasteiger partial charge in [-0.25, -0.2) is 0 Å². The van der Waals surface area contributed by atoms with E-state index in [1.54, 1.807) is 13.2 Å². The number of aromatic nitrogens is 2. The molecule has 0 amide bonds. The Labute approximate surface area is 160 Å². The first kappa shape index (κ1) is 18.9. The lowest BCUT2D eigenvalue weighted by atomic mass is 9.97. The SMILES string of the molecule is CN=C(NCc1cccc(Cn2cccn2)c1)N1CCC(C(=O)OC)CC1. The van der Waals surface area contributed by atoms with E-state index in [1.165, 1.54) is 18.2 Å². The number of ether oxygens (including phenoxy) is 1. The van der Waals surface area contributed by atoms with E-state index in [1.807, 2.05) is 16.9 Å². The van der Waals surface area contributed by atoms with E-state index in [-0.39, 0.29) is 11.9 Å². The number of hydrogen-bond donors (Lipinski definition) is 1. The van der Waals surface area contributed by atoms with Crippen LogP contribution in [0.15, 0.2) is 47.7 Å². The Hall–Kier alpha value is -2.83. The summed E-state index contributed by atoms with van der Waals surface area (Å²) in [7, 11) is 3.25. The fourth-order valence-corrected chi connectivity index (χ4v) is 3.43. The maximum atomic E-state index is 11.7. The van der Waals surface area contributed by atoms with E-state index < -0.39 is 0 Å². The lowest BCUT2D eigenvalue weighted by Gasteiger charge is -2.33. The van der Waals surface area contributed by atoms with Crippen LogP contribution in [0.2, 0.25) is 0 Å². The van der Waals surface area contributed by atoms with Gasteiger partial charge in [0.25, 0.3) is 0 Å². The Balaban J connectivity index is 1.53. The van der Waals surface area contributed by atoms with Crippen LogP contribution < -0.4 is 5.32 Å². The van der Waals surface area contributed by atoms with Gasteiger partial charge in [-0.15, -0.1) is 0 Å². The number of nitrogens with zero attached hydrogens (tertiary/aromatic N) is 4. The highest BCUT2D eigenvalue weighted by atomic mass is 16.5. The molecule has 0 unspecified atom stereocenters. The number of methoxy groups -OCH3 is 1. The predicted octanol–water partition coefficient (Wildman–Crippen LogP) is 1.89. The summed E-state index contributed by atoms with van der Waals surface area (Å²) in [6.07, 6.45) is 5.35. The number of carbonyl (C=O) groups is 1. The van der Waals surface area contributed by atoms with Crippen molar-refractivity contribution in [3.05, 3.63) is 53.9 Å². The van der Waals surface area contributed by atoms with Crippen LogP contribution in [0.1, 0.15) is 24.0 Å². The third-order valence-electron chi connectivity index (χ3n) is 4.89. The number of guanidine groups is 1. The average molecular weight is 369 g/mol. The molecule has 1 N–H and O–H groups in total. The van der Waals surface area contributed by atoms with Crippen molar-refractivity contribution in [1.82, 2.24) is 20.0 Å². The smallest absolute Gasteiger partial charge is 0.308 e. The molecule has 1 fully saturated rings. The van der Waals surface area contributed by atoms with Gasteiger partial charge in [0, 0.05) is 39.1 Å². The minimum atomic E-state index is -0.105. The molecule has 7 heteroatoms. The molecule has 0 saturated carbocycles. The second kappa shape index (κ2) is 9.21. The Morgan fingerprint density at radius 2 is 2.07 bits per heavy atom. The van der Waals surface area contributed by atoms with Crippen LogP contribution in [0.4, 0.5) is 0 Å². The molecule has 1 saturated heterocycles. The second-order valence-corrected chi connectivity index (χ2v) is 6.71. The summed E-state index contributed by atoms with van der Waals surface area (Å²) < 4.78 is 6.77. The Morgan fingerprint density at radius 1 is 1.30 bits per heavy atom. The molecule has 27 heavy (non-hydrogen) atoms. The summed E-state index contributed by atoms with van der Waals surface area (Å²) in [4.78, 5) is 18.3. The topological polar surface area (TPSA) is 71.8 Å². The predicted molar refractivity (Wildman–Crippen MR) is 104 cm³/mol. The van der Waals surface area contributed by atoms with E-state index in [2.05, 4.69) is 44.6 Å². The molecule has 0 bridgehead atoms. The van der Waals surface area contributed by atoms with Gasteiger partial charge in [-0.2, -0.15) is 5.10 Å². The van der Waals surface area contributed by atoms with Crippen molar-refractivity contribution in [2.24, 2.45) is 10.9 Å². The molecular formula is C20H27N5O2. The molecular weight excluding hydrogens is 342 g/mol. The molecule has 0 radical (unpaired) electrons. The van der Waals surface area contributed by atoms with E-state index in [0.29, 0.717) is 6.54 Å². The van der Waals surface area contributed by atoms with Gasteiger partial charge in [-0.1, -0.05) is 24.3 Å². The van der Waals surface area contributed by atoms with Crippen molar-refractivity contribution in [2.45, 2.75) is 25.9 Å². The largest absolute Gasteiger partial charge is 0.469 e. The number of carbonyl (C=O) groups excluding carboxylic acids is 1. The minimum absolute atomic E-state index is 0.00309. The fourth-order valence-electron chi connectivity index (χ4n) is 3.43. The van der Waals surface area contributed by atoms with Gasteiger partial charge in [0.2, 0.25) is 0 Å². The van der Waals surface area contributed by atoms with E-state index in [0.717, 1.165) is 38.4 Å². The monoisotopic (exact) mass is 369 g/mol. The molecule has 1 aromatic carbocycles. The number of hydrogen-bond acceptors (Lipinski definition) is 4. The highest BCUT2D eigenvalue weighted by Gasteiger charge is 2.26. The van der Waals surface area contributed by atoms with Crippen LogP contribution in [-0.2, 0) is 22.6 Å². The van der Waals surface area contributed by atoms with Crippen LogP contribution >= 0.6 is 0 Å². The van der Waals surface area contributed by atoms with Crippen LogP contribution in [-0.4, -0.2) is 53.9 Å². The van der Waals surface area contributed by atoms with Gasteiger partial charge in [0.1, 0.15) is 0 Å².